The average Bonchev–Trinajstić information content (AvgIpc) is 3.31. The highest BCUT2D eigenvalue weighted by molar-refractivity contribution is 6.05. The molecule has 3 aromatic rings. The van der Waals surface area contributed by atoms with Crippen LogP contribution in [0.5, 0.6) is 0 Å². The molecule has 9 heteroatoms. The number of imide groups is 1. The number of nitrogens with zero attached hydrogens (tertiary/aromatic N) is 2. The molecule has 146 valence electrons. The van der Waals surface area contributed by atoms with Gasteiger partial charge in [-0.2, -0.15) is 5.10 Å². The minimum atomic E-state index is -0.641. The summed E-state index contributed by atoms with van der Waals surface area (Å²) in [5, 5.41) is 11.7. The molecule has 0 saturated heterocycles. The number of rotatable bonds is 3. The van der Waals surface area contributed by atoms with Crippen molar-refractivity contribution in [1.29, 1.82) is 0 Å². The largest absolute Gasteiger partial charge is 0.324 e. The molecule has 8 nitrogen and oxygen atoms in total. The summed E-state index contributed by atoms with van der Waals surface area (Å²) in [7, 11) is 0. The molecule has 0 spiro atoms. The SMILES string of the molecule is O=C(NC(=O)N1Cc2[nH]nc(NC(=O)c3ccccc3F)c2C1)c1ccccc1. The van der Waals surface area contributed by atoms with Gasteiger partial charge in [-0.25, -0.2) is 9.18 Å². The minimum Gasteiger partial charge on any atom is -0.314 e. The van der Waals surface area contributed by atoms with E-state index in [0.717, 1.165) is 0 Å². The maximum absolute atomic E-state index is 13.8. The number of nitrogens with one attached hydrogen (secondary N) is 3. The van der Waals surface area contributed by atoms with Crippen molar-refractivity contribution in [3.8, 4) is 0 Å². The van der Waals surface area contributed by atoms with Crippen LogP contribution in [0.4, 0.5) is 15.0 Å². The average molecular weight is 393 g/mol. The Balaban J connectivity index is 1.42. The fourth-order valence-corrected chi connectivity index (χ4v) is 3.05. The zero-order valence-corrected chi connectivity index (χ0v) is 15.1. The van der Waals surface area contributed by atoms with Crippen molar-refractivity contribution in [3.63, 3.8) is 0 Å². The highest BCUT2D eigenvalue weighted by atomic mass is 19.1. The fourth-order valence-electron chi connectivity index (χ4n) is 3.05. The molecular formula is C20H16FN5O3. The number of fused-ring (bicyclic) bond motifs is 1. The van der Waals surface area contributed by atoms with Crippen molar-refractivity contribution in [2.24, 2.45) is 0 Å². The van der Waals surface area contributed by atoms with Gasteiger partial charge < -0.3 is 10.2 Å². The van der Waals surface area contributed by atoms with Crippen LogP contribution in [0.2, 0.25) is 0 Å². The third kappa shape index (κ3) is 3.70. The Bertz CT molecular complexity index is 1100. The summed E-state index contributed by atoms with van der Waals surface area (Å²) >= 11 is 0. The highest BCUT2D eigenvalue weighted by Gasteiger charge is 2.30. The number of urea groups is 1. The van der Waals surface area contributed by atoms with E-state index in [4.69, 9.17) is 0 Å². The molecule has 3 N–H and O–H groups in total. The van der Waals surface area contributed by atoms with Gasteiger partial charge >= 0.3 is 6.03 Å². The number of amides is 4. The lowest BCUT2D eigenvalue weighted by molar-refractivity contribution is 0.0950. The molecular weight excluding hydrogens is 377 g/mol. The standard InChI is InChI=1S/C20H16FN5O3/c21-15-9-5-4-8-13(15)19(28)22-17-14-10-26(11-16(14)24-25-17)20(29)23-18(27)12-6-2-1-3-7-12/h1-9H,10-11H2,(H,23,27,29)(H2,22,24,25,28). The normalized spacial score (nSPS) is 12.4. The number of carbonyl (C=O) groups excluding carboxylic acids is 3. The van der Waals surface area contributed by atoms with Crippen molar-refractivity contribution < 1.29 is 18.8 Å². The fraction of sp³-hybridized carbons (Fsp3) is 0.100. The quantitative estimate of drug-likeness (QED) is 0.636. The van der Waals surface area contributed by atoms with Crippen LogP contribution in [0.15, 0.2) is 54.6 Å². The molecule has 2 aromatic carbocycles. The zero-order valence-electron chi connectivity index (χ0n) is 15.1. The summed E-state index contributed by atoms with van der Waals surface area (Å²) in [6, 6.07) is 13.4. The lowest BCUT2D eigenvalue weighted by atomic mass is 10.2. The molecule has 2 heterocycles. The summed E-state index contributed by atoms with van der Waals surface area (Å²) in [6.07, 6.45) is 0. The summed E-state index contributed by atoms with van der Waals surface area (Å²) in [5.74, 6) is -1.56. The topological polar surface area (TPSA) is 107 Å². The van der Waals surface area contributed by atoms with Gasteiger partial charge in [0.15, 0.2) is 5.82 Å². The van der Waals surface area contributed by atoms with Crippen LogP contribution < -0.4 is 10.6 Å². The summed E-state index contributed by atoms with van der Waals surface area (Å²) in [5.41, 5.74) is 1.51. The van der Waals surface area contributed by atoms with E-state index in [2.05, 4.69) is 20.8 Å². The predicted molar refractivity (Wildman–Crippen MR) is 101 cm³/mol. The van der Waals surface area contributed by atoms with E-state index in [9.17, 15) is 18.8 Å². The molecule has 4 amide bonds. The zero-order chi connectivity index (χ0) is 20.4. The number of halogens is 1. The molecule has 0 fully saturated rings. The van der Waals surface area contributed by atoms with Crippen molar-refractivity contribution >= 4 is 23.7 Å². The lowest BCUT2D eigenvalue weighted by Gasteiger charge is -2.16. The lowest BCUT2D eigenvalue weighted by Crippen LogP contribution is -2.40. The Morgan fingerprint density at radius 2 is 1.69 bits per heavy atom. The first-order chi connectivity index (χ1) is 14.0. The van der Waals surface area contributed by atoms with Crippen LogP contribution in [-0.2, 0) is 13.1 Å². The third-order valence-electron chi connectivity index (χ3n) is 4.54. The first-order valence-corrected chi connectivity index (χ1v) is 8.80. The number of hydrogen-bond acceptors (Lipinski definition) is 4. The van der Waals surface area contributed by atoms with E-state index >= 15 is 0 Å². The van der Waals surface area contributed by atoms with Crippen LogP contribution >= 0.6 is 0 Å². The van der Waals surface area contributed by atoms with Gasteiger partial charge in [0.2, 0.25) is 0 Å². The highest BCUT2D eigenvalue weighted by Crippen LogP contribution is 2.27. The third-order valence-corrected chi connectivity index (χ3v) is 4.54. The summed E-state index contributed by atoms with van der Waals surface area (Å²) in [6.45, 7) is 0.346. The van der Waals surface area contributed by atoms with Gasteiger partial charge in [-0.1, -0.05) is 30.3 Å². The van der Waals surface area contributed by atoms with Gasteiger partial charge in [-0.3, -0.25) is 20.0 Å². The summed E-state index contributed by atoms with van der Waals surface area (Å²) in [4.78, 5) is 38.3. The van der Waals surface area contributed by atoms with Crippen molar-refractivity contribution in [3.05, 3.63) is 82.8 Å². The number of anilines is 1. The Kier molecular flexibility index (Phi) is 4.78. The molecule has 0 atom stereocenters. The Morgan fingerprint density at radius 1 is 0.966 bits per heavy atom. The van der Waals surface area contributed by atoms with Crippen LogP contribution in [-0.4, -0.2) is 32.9 Å². The first-order valence-electron chi connectivity index (χ1n) is 8.80. The van der Waals surface area contributed by atoms with Gasteiger partial charge in [0.25, 0.3) is 11.8 Å². The smallest absolute Gasteiger partial charge is 0.314 e. The second kappa shape index (κ2) is 7.55. The summed E-state index contributed by atoms with van der Waals surface area (Å²) < 4.78 is 13.8. The van der Waals surface area contributed by atoms with E-state index < -0.39 is 23.7 Å². The first kappa shape index (κ1) is 18.4. The maximum atomic E-state index is 13.8. The predicted octanol–water partition coefficient (Wildman–Crippen LogP) is 2.67. The second-order valence-corrected chi connectivity index (χ2v) is 6.44. The van der Waals surface area contributed by atoms with Gasteiger partial charge in [0, 0.05) is 11.1 Å². The van der Waals surface area contributed by atoms with Crippen molar-refractivity contribution in [2.45, 2.75) is 13.1 Å². The Hall–Kier alpha value is -4.01. The number of aromatic nitrogens is 2. The molecule has 1 aromatic heterocycles. The second-order valence-electron chi connectivity index (χ2n) is 6.44. The number of carbonyl (C=O) groups is 3. The molecule has 0 saturated carbocycles. The molecule has 0 aliphatic carbocycles. The molecule has 1 aliphatic heterocycles. The Labute approximate surface area is 164 Å². The number of hydrogen-bond donors (Lipinski definition) is 3. The molecule has 0 unspecified atom stereocenters. The van der Waals surface area contributed by atoms with E-state index in [-0.39, 0.29) is 24.5 Å². The molecule has 0 radical (unpaired) electrons. The van der Waals surface area contributed by atoms with Gasteiger partial charge in [0.1, 0.15) is 5.82 Å². The van der Waals surface area contributed by atoms with Crippen LogP contribution in [0.1, 0.15) is 32.0 Å². The number of aromatic amines is 1. The Morgan fingerprint density at radius 3 is 2.45 bits per heavy atom. The maximum Gasteiger partial charge on any atom is 0.324 e. The van der Waals surface area contributed by atoms with E-state index in [1.165, 1.54) is 23.1 Å². The van der Waals surface area contributed by atoms with E-state index in [1.54, 1.807) is 36.4 Å². The monoisotopic (exact) mass is 393 g/mol. The van der Waals surface area contributed by atoms with Crippen LogP contribution in [0, 0.1) is 5.82 Å². The molecule has 4 rings (SSSR count). The van der Waals surface area contributed by atoms with E-state index in [1.807, 2.05) is 0 Å². The van der Waals surface area contributed by atoms with Crippen LogP contribution in [0.3, 0.4) is 0 Å². The number of benzene rings is 2. The van der Waals surface area contributed by atoms with Crippen LogP contribution in [0.25, 0.3) is 0 Å². The van der Waals surface area contributed by atoms with Gasteiger partial charge in [-0.15, -0.1) is 0 Å². The van der Waals surface area contributed by atoms with Crippen molar-refractivity contribution in [2.75, 3.05) is 5.32 Å². The van der Waals surface area contributed by atoms with Gasteiger partial charge in [-0.05, 0) is 24.3 Å². The molecule has 1 aliphatic rings. The van der Waals surface area contributed by atoms with E-state index in [0.29, 0.717) is 16.8 Å². The van der Waals surface area contributed by atoms with Gasteiger partial charge in [0.05, 0.1) is 24.3 Å². The molecule has 29 heavy (non-hydrogen) atoms. The minimum absolute atomic E-state index is 0.106. The van der Waals surface area contributed by atoms with Crippen molar-refractivity contribution in [1.82, 2.24) is 20.4 Å². The molecule has 0 bridgehead atoms. The number of H-pyrrole nitrogens is 1.